The van der Waals surface area contributed by atoms with Gasteiger partial charge in [0.05, 0.1) is 12.3 Å². The minimum Gasteiger partial charge on any atom is -0.446 e. The number of carbonyl (C=O) groups is 1. The summed E-state index contributed by atoms with van der Waals surface area (Å²) in [6.07, 6.45) is 4.52. The van der Waals surface area contributed by atoms with Gasteiger partial charge in [-0.15, -0.1) is 0 Å². The van der Waals surface area contributed by atoms with Crippen LogP contribution in [-0.2, 0) is 9.47 Å². The van der Waals surface area contributed by atoms with Crippen LogP contribution in [0.2, 0.25) is 5.02 Å². The third-order valence-electron chi connectivity index (χ3n) is 6.52. The van der Waals surface area contributed by atoms with Gasteiger partial charge in [0.1, 0.15) is 11.6 Å². The van der Waals surface area contributed by atoms with Gasteiger partial charge in [0.2, 0.25) is 11.9 Å². The van der Waals surface area contributed by atoms with E-state index in [1.165, 1.54) is 0 Å². The van der Waals surface area contributed by atoms with Crippen molar-refractivity contribution in [3.8, 4) is 0 Å². The molecule has 11 heteroatoms. The summed E-state index contributed by atoms with van der Waals surface area (Å²) in [5.41, 5.74) is 1.88. The van der Waals surface area contributed by atoms with Crippen LogP contribution in [-0.4, -0.2) is 56.0 Å². The molecule has 1 saturated carbocycles. The first-order valence-corrected chi connectivity index (χ1v) is 13.2. The van der Waals surface area contributed by atoms with E-state index < -0.39 is 6.09 Å². The quantitative estimate of drug-likeness (QED) is 0.388. The minimum absolute atomic E-state index is 0.0602. The first-order chi connectivity index (χ1) is 17.6. The van der Waals surface area contributed by atoms with Gasteiger partial charge in [-0.2, -0.15) is 4.98 Å². The molecular weight excluding hydrogens is 494 g/mol. The standard InChI is InChI=1S/C26H34ClN7O3/c1-15-10-18(8-9-36-15)29-23-28-14-21-22(32-23)34(24(31-21)30-17-7-5-6-16(27)11-17)19-12-20(13-19)37-25(35)33-26(2,3)4/h5-7,11,14-15,18-20H,8-10,12-13H2,1-4H3,(H,30,31)(H,33,35)(H,28,29,32). The Kier molecular flexibility index (Phi) is 7.13. The highest BCUT2D eigenvalue weighted by Crippen LogP contribution is 2.39. The van der Waals surface area contributed by atoms with Crippen molar-refractivity contribution in [3.05, 3.63) is 35.5 Å². The second-order valence-corrected chi connectivity index (χ2v) is 11.4. The predicted octanol–water partition coefficient (Wildman–Crippen LogP) is 5.43. The summed E-state index contributed by atoms with van der Waals surface area (Å²) in [6.45, 7) is 8.58. The molecule has 5 rings (SSSR count). The zero-order chi connectivity index (χ0) is 26.2. The number of nitrogens with one attached hydrogen (secondary N) is 3. The Bertz CT molecular complexity index is 1270. The van der Waals surface area contributed by atoms with Crippen molar-refractivity contribution in [2.75, 3.05) is 17.2 Å². The van der Waals surface area contributed by atoms with Crippen molar-refractivity contribution in [2.45, 2.75) is 83.2 Å². The molecule has 1 amide bonds. The first-order valence-electron chi connectivity index (χ1n) is 12.8. The highest BCUT2D eigenvalue weighted by Gasteiger charge is 2.37. The molecule has 3 aromatic rings. The monoisotopic (exact) mass is 527 g/mol. The van der Waals surface area contributed by atoms with Crippen LogP contribution in [0.4, 0.5) is 22.4 Å². The van der Waals surface area contributed by atoms with Crippen molar-refractivity contribution < 1.29 is 14.3 Å². The lowest BCUT2D eigenvalue weighted by Crippen LogP contribution is -2.44. The smallest absolute Gasteiger partial charge is 0.407 e. The number of alkyl carbamates (subject to hydrolysis) is 1. The molecule has 0 spiro atoms. The number of halogens is 1. The fourth-order valence-corrected chi connectivity index (χ4v) is 4.92. The number of aromatic nitrogens is 4. The molecule has 2 aliphatic rings. The molecule has 3 heterocycles. The Balaban J connectivity index is 1.39. The summed E-state index contributed by atoms with van der Waals surface area (Å²) >= 11 is 6.21. The number of benzene rings is 1. The Morgan fingerprint density at radius 3 is 2.76 bits per heavy atom. The molecule has 0 bridgehead atoms. The Morgan fingerprint density at radius 2 is 2.03 bits per heavy atom. The number of ether oxygens (including phenoxy) is 2. The molecule has 1 aliphatic carbocycles. The van der Waals surface area contributed by atoms with E-state index >= 15 is 0 Å². The molecule has 1 aromatic carbocycles. The van der Waals surface area contributed by atoms with E-state index in [4.69, 9.17) is 31.0 Å². The zero-order valence-corrected chi connectivity index (χ0v) is 22.4. The molecule has 1 aliphatic heterocycles. The molecule has 198 valence electrons. The van der Waals surface area contributed by atoms with Crippen LogP contribution < -0.4 is 16.0 Å². The summed E-state index contributed by atoms with van der Waals surface area (Å²) in [7, 11) is 0. The van der Waals surface area contributed by atoms with E-state index in [1.54, 1.807) is 6.20 Å². The van der Waals surface area contributed by atoms with Crippen LogP contribution in [0.5, 0.6) is 0 Å². The van der Waals surface area contributed by atoms with Gasteiger partial charge in [0.25, 0.3) is 0 Å². The highest BCUT2D eigenvalue weighted by molar-refractivity contribution is 6.30. The molecule has 10 nitrogen and oxygen atoms in total. The zero-order valence-electron chi connectivity index (χ0n) is 21.6. The molecule has 1 saturated heterocycles. The number of anilines is 3. The van der Waals surface area contributed by atoms with Gasteiger partial charge in [-0.3, -0.25) is 4.57 Å². The van der Waals surface area contributed by atoms with Gasteiger partial charge in [0.15, 0.2) is 5.65 Å². The number of imidazole rings is 1. The van der Waals surface area contributed by atoms with Crippen LogP contribution in [0.3, 0.4) is 0 Å². The molecule has 0 radical (unpaired) electrons. The molecular formula is C26H34ClN7O3. The van der Waals surface area contributed by atoms with Crippen LogP contribution >= 0.6 is 11.6 Å². The number of rotatable bonds is 6. The number of hydrogen-bond acceptors (Lipinski definition) is 8. The summed E-state index contributed by atoms with van der Waals surface area (Å²) in [5, 5.41) is 10.3. The number of hydrogen-bond donors (Lipinski definition) is 3. The van der Waals surface area contributed by atoms with Crippen molar-refractivity contribution in [2.24, 2.45) is 0 Å². The van der Waals surface area contributed by atoms with E-state index in [0.29, 0.717) is 35.3 Å². The number of amides is 1. The van der Waals surface area contributed by atoms with Crippen molar-refractivity contribution >= 4 is 46.4 Å². The second kappa shape index (κ2) is 10.3. The maximum Gasteiger partial charge on any atom is 0.407 e. The lowest BCUT2D eigenvalue weighted by Gasteiger charge is -2.36. The van der Waals surface area contributed by atoms with Crippen LogP contribution in [0, 0.1) is 0 Å². The van der Waals surface area contributed by atoms with Crippen LogP contribution in [0.1, 0.15) is 59.4 Å². The molecule has 2 atom stereocenters. The lowest BCUT2D eigenvalue weighted by molar-refractivity contribution is 0.0202. The molecule has 2 aromatic heterocycles. The van der Waals surface area contributed by atoms with E-state index in [0.717, 1.165) is 30.8 Å². The van der Waals surface area contributed by atoms with Gasteiger partial charge < -0.3 is 25.4 Å². The average molecular weight is 528 g/mol. The average Bonchev–Trinajstić information content (AvgIpc) is 3.11. The van der Waals surface area contributed by atoms with Crippen molar-refractivity contribution in [3.63, 3.8) is 0 Å². The summed E-state index contributed by atoms with van der Waals surface area (Å²) in [5.74, 6) is 1.21. The van der Waals surface area contributed by atoms with Gasteiger partial charge in [-0.1, -0.05) is 17.7 Å². The minimum atomic E-state index is -0.400. The van der Waals surface area contributed by atoms with Gasteiger partial charge in [-0.05, 0) is 58.7 Å². The van der Waals surface area contributed by atoms with Crippen molar-refractivity contribution in [1.29, 1.82) is 0 Å². The largest absolute Gasteiger partial charge is 0.446 e. The fourth-order valence-electron chi connectivity index (χ4n) is 4.73. The number of fused-ring (bicyclic) bond motifs is 1. The molecule has 37 heavy (non-hydrogen) atoms. The van der Waals surface area contributed by atoms with E-state index in [1.807, 2.05) is 45.0 Å². The van der Waals surface area contributed by atoms with Gasteiger partial charge in [-0.25, -0.2) is 14.8 Å². The van der Waals surface area contributed by atoms with Crippen LogP contribution in [0.15, 0.2) is 30.5 Å². The summed E-state index contributed by atoms with van der Waals surface area (Å²) in [6, 6.07) is 7.81. The molecule has 2 fully saturated rings. The Hall–Kier alpha value is -3.11. The maximum absolute atomic E-state index is 12.2. The summed E-state index contributed by atoms with van der Waals surface area (Å²) < 4.78 is 13.4. The Labute approximate surface area is 221 Å². The Morgan fingerprint density at radius 1 is 1.22 bits per heavy atom. The summed E-state index contributed by atoms with van der Waals surface area (Å²) in [4.78, 5) is 26.4. The van der Waals surface area contributed by atoms with Crippen molar-refractivity contribution in [1.82, 2.24) is 24.8 Å². The number of nitrogens with zero attached hydrogens (tertiary/aromatic N) is 4. The van der Waals surface area contributed by atoms with E-state index in [-0.39, 0.29) is 29.8 Å². The second-order valence-electron chi connectivity index (χ2n) is 10.9. The molecule has 2 unspecified atom stereocenters. The van der Waals surface area contributed by atoms with Crippen LogP contribution in [0.25, 0.3) is 11.2 Å². The predicted molar refractivity (Wildman–Crippen MR) is 144 cm³/mol. The van der Waals surface area contributed by atoms with E-state index in [2.05, 4.69) is 32.4 Å². The van der Waals surface area contributed by atoms with Gasteiger partial charge >= 0.3 is 6.09 Å². The maximum atomic E-state index is 12.2. The number of carbonyl (C=O) groups excluding carboxylic acids is 1. The lowest BCUT2D eigenvalue weighted by atomic mass is 9.89. The third kappa shape index (κ3) is 6.24. The molecule has 3 N–H and O–H groups in total. The van der Waals surface area contributed by atoms with Gasteiger partial charge in [0, 0.05) is 47.8 Å². The highest BCUT2D eigenvalue weighted by atomic mass is 35.5. The first kappa shape index (κ1) is 25.5. The normalized spacial score (nSPS) is 23.8. The fraction of sp³-hybridized carbons (Fsp3) is 0.538. The SMILES string of the molecule is CC1CC(Nc2ncc3nc(Nc4cccc(Cl)c4)n(C4CC(OC(=O)NC(C)(C)C)C4)c3n2)CCO1. The van der Waals surface area contributed by atoms with E-state index in [9.17, 15) is 4.79 Å². The third-order valence-corrected chi connectivity index (χ3v) is 6.75. The topological polar surface area (TPSA) is 115 Å².